The molecule has 0 spiro atoms. The highest BCUT2D eigenvalue weighted by atomic mass is 35.5. The van der Waals surface area contributed by atoms with Gasteiger partial charge in [-0.25, -0.2) is 0 Å². The monoisotopic (exact) mass is 291 g/mol. The Balaban J connectivity index is 2.26. The Labute approximate surface area is 124 Å². The number of hydrogen-bond acceptors (Lipinski definition) is 3. The molecular weight excluding hydrogens is 274 g/mol. The summed E-state index contributed by atoms with van der Waals surface area (Å²) in [5.74, 6) is 0.601. The molecule has 2 rings (SSSR count). The number of phenols is 1. The van der Waals surface area contributed by atoms with Gasteiger partial charge < -0.3 is 15.2 Å². The number of rotatable bonds is 4. The van der Waals surface area contributed by atoms with Gasteiger partial charge in [0, 0.05) is 6.04 Å². The Morgan fingerprint density at radius 3 is 2.65 bits per heavy atom. The third kappa shape index (κ3) is 2.99. The number of ether oxygens (including phenoxy) is 1. The number of benzene rings is 2. The van der Waals surface area contributed by atoms with Crippen LogP contribution in [0.3, 0.4) is 0 Å². The smallest absolute Gasteiger partial charge is 0.160 e. The van der Waals surface area contributed by atoms with Crippen LogP contribution in [0.4, 0.5) is 5.69 Å². The van der Waals surface area contributed by atoms with Crippen LogP contribution in [0.5, 0.6) is 11.5 Å². The van der Waals surface area contributed by atoms with Gasteiger partial charge in [-0.2, -0.15) is 0 Å². The van der Waals surface area contributed by atoms with E-state index in [1.54, 1.807) is 6.07 Å². The summed E-state index contributed by atoms with van der Waals surface area (Å²) in [6, 6.07) is 11.2. The van der Waals surface area contributed by atoms with Crippen LogP contribution in [0.25, 0.3) is 0 Å². The standard InChI is InChI=1S/C16H18ClNO2/c1-10-5-4-6-13(17)16(10)18-11(2)12-7-8-14(19)15(9-12)20-3/h4-9,11,18-19H,1-3H3. The van der Waals surface area contributed by atoms with Crippen molar-refractivity contribution in [3.05, 3.63) is 52.5 Å². The summed E-state index contributed by atoms with van der Waals surface area (Å²) in [4.78, 5) is 0. The Morgan fingerprint density at radius 2 is 2.00 bits per heavy atom. The maximum atomic E-state index is 9.63. The Kier molecular flexibility index (Phi) is 4.40. The van der Waals surface area contributed by atoms with E-state index in [-0.39, 0.29) is 11.8 Å². The largest absolute Gasteiger partial charge is 0.504 e. The third-order valence-electron chi connectivity index (χ3n) is 3.29. The van der Waals surface area contributed by atoms with Crippen LogP contribution in [-0.2, 0) is 0 Å². The van der Waals surface area contributed by atoms with Crippen molar-refractivity contribution in [2.45, 2.75) is 19.9 Å². The molecule has 0 heterocycles. The number of aryl methyl sites for hydroxylation is 1. The molecule has 2 aromatic carbocycles. The molecule has 1 atom stereocenters. The molecule has 0 aliphatic carbocycles. The van der Waals surface area contributed by atoms with Crippen LogP contribution < -0.4 is 10.1 Å². The van der Waals surface area contributed by atoms with Crippen molar-refractivity contribution < 1.29 is 9.84 Å². The summed E-state index contributed by atoms with van der Waals surface area (Å²) in [5.41, 5.74) is 3.03. The second kappa shape index (κ2) is 6.06. The Morgan fingerprint density at radius 1 is 1.25 bits per heavy atom. The minimum Gasteiger partial charge on any atom is -0.504 e. The lowest BCUT2D eigenvalue weighted by atomic mass is 10.1. The minimum absolute atomic E-state index is 0.0445. The van der Waals surface area contributed by atoms with E-state index in [9.17, 15) is 5.11 Å². The highest BCUT2D eigenvalue weighted by Crippen LogP contribution is 2.32. The summed E-state index contributed by atoms with van der Waals surface area (Å²) in [6.45, 7) is 4.05. The molecule has 0 aliphatic rings. The van der Waals surface area contributed by atoms with Gasteiger partial charge in [-0.15, -0.1) is 0 Å². The van der Waals surface area contributed by atoms with Gasteiger partial charge in [0.05, 0.1) is 17.8 Å². The van der Waals surface area contributed by atoms with Gasteiger partial charge in [-0.05, 0) is 43.2 Å². The quantitative estimate of drug-likeness (QED) is 0.869. The summed E-state index contributed by atoms with van der Waals surface area (Å²) in [5, 5.41) is 13.7. The van der Waals surface area contributed by atoms with E-state index < -0.39 is 0 Å². The third-order valence-corrected chi connectivity index (χ3v) is 3.60. The maximum Gasteiger partial charge on any atom is 0.160 e. The van der Waals surface area contributed by atoms with E-state index in [0.717, 1.165) is 16.8 Å². The molecule has 0 radical (unpaired) electrons. The zero-order valence-corrected chi connectivity index (χ0v) is 12.5. The molecule has 2 aromatic rings. The van der Waals surface area contributed by atoms with Crippen LogP contribution in [0.1, 0.15) is 24.1 Å². The number of nitrogens with one attached hydrogen (secondary N) is 1. The fourth-order valence-electron chi connectivity index (χ4n) is 2.08. The van der Waals surface area contributed by atoms with Crippen molar-refractivity contribution in [2.75, 3.05) is 12.4 Å². The Hall–Kier alpha value is -1.87. The first-order valence-electron chi connectivity index (χ1n) is 6.41. The molecule has 0 saturated heterocycles. The summed E-state index contributed by atoms with van der Waals surface area (Å²) >= 11 is 6.22. The van der Waals surface area contributed by atoms with Crippen LogP contribution in [0.15, 0.2) is 36.4 Å². The second-order valence-corrected chi connectivity index (χ2v) is 5.14. The number of methoxy groups -OCH3 is 1. The van der Waals surface area contributed by atoms with E-state index in [1.165, 1.54) is 7.11 Å². The number of anilines is 1. The average Bonchev–Trinajstić information content (AvgIpc) is 2.43. The van der Waals surface area contributed by atoms with Gasteiger partial charge in [0.2, 0.25) is 0 Å². The highest BCUT2D eigenvalue weighted by Gasteiger charge is 2.12. The summed E-state index contributed by atoms with van der Waals surface area (Å²) in [6.07, 6.45) is 0. The van der Waals surface area contributed by atoms with Crippen LogP contribution >= 0.6 is 11.6 Å². The lowest BCUT2D eigenvalue weighted by Crippen LogP contribution is -2.08. The molecule has 0 aliphatic heterocycles. The number of aromatic hydroxyl groups is 1. The van der Waals surface area contributed by atoms with Crippen molar-refractivity contribution in [3.8, 4) is 11.5 Å². The van der Waals surface area contributed by atoms with E-state index in [4.69, 9.17) is 16.3 Å². The molecule has 3 nitrogen and oxygen atoms in total. The van der Waals surface area contributed by atoms with E-state index in [1.807, 2.05) is 44.2 Å². The molecule has 1 unspecified atom stereocenters. The minimum atomic E-state index is 0.0445. The topological polar surface area (TPSA) is 41.5 Å². The molecule has 0 amide bonds. The fraction of sp³-hybridized carbons (Fsp3) is 0.250. The predicted molar refractivity (Wildman–Crippen MR) is 82.9 cm³/mol. The molecule has 4 heteroatoms. The SMILES string of the molecule is COc1cc(C(C)Nc2c(C)cccc2Cl)ccc1O. The van der Waals surface area contributed by atoms with Crippen molar-refractivity contribution in [2.24, 2.45) is 0 Å². The first-order valence-corrected chi connectivity index (χ1v) is 6.79. The van der Waals surface area contributed by atoms with Gasteiger partial charge in [0.25, 0.3) is 0 Å². The van der Waals surface area contributed by atoms with Gasteiger partial charge in [-0.1, -0.05) is 29.8 Å². The number of hydrogen-bond donors (Lipinski definition) is 2. The van der Waals surface area contributed by atoms with Crippen molar-refractivity contribution in [1.29, 1.82) is 0 Å². The normalized spacial score (nSPS) is 12.0. The molecular formula is C16H18ClNO2. The van der Waals surface area contributed by atoms with Gasteiger partial charge in [-0.3, -0.25) is 0 Å². The highest BCUT2D eigenvalue weighted by molar-refractivity contribution is 6.33. The second-order valence-electron chi connectivity index (χ2n) is 4.73. The molecule has 106 valence electrons. The average molecular weight is 292 g/mol. The van der Waals surface area contributed by atoms with Crippen molar-refractivity contribution in [3.63, 3.8) is 0 Å². The fourth-order valence-corrected chi connectivity index (χ4v) is 2.35. The Bertz CT molecular complexity index is 593. The lowest BCUT2D eigenvalue weighted by Gasteiger charge is -2.19. The first kappa shape index (κ1) is 14.5. The van der Waals surface area contributed by atoms with Gasteiger partial charge in [0.15, 0.2) is 11.5 Å². The van der Waals surface area contributed by atoms with Crippen LogP contribution in [-0.4, -0.2) is 12.2 Å². The zero-order valence-electron chi connectivity index (χ0n) is 11.8. The van der Waals surface area contributed by atoms with Gasteiger partial charge in [0.1, 0.15) is 0 Å². The molecule has 2 N–H and O–H groups in total. The maximum absolute atomic E-state index is 9.63. The molecule has 0 fully saturated rings. The first-order chi connectivity index (χ1) is 9.52. The van der Waals surface area contributed by atoms with Crippen LogP contribution in [0, 0.1) is 6.92 Å². The summed E-state index contributed by atoms with van der Waals surface area (Å²) < 4.78 is 5.13. The van der Waals surface area contributed by atoms with Gasteiger partial charge >= 0.3 is 0 Å². The number of phenolic OH excluding ortho intramolecular Hbond substituents is 1. The predicted octanol–water partition coefficient (Wildman–Crippen LogP) is 4.54. The number of halogens is 1. The van der Waals surface area contributed by atoms with E-state index in [2.05, 4.69) is 5.32 Å². The lowest BCUT2D eigenvalue weighted by molar-refractivity contribution is 0.373. The molecule has 20 heavy (non-hydrogen) atoms. The zero-order chi connectivity index (χ0) is 14.7. The van der Waals surface area contributed by atoms with Crippen molar-refractivity contribution >= 4 is 17.3 Å². The molecule has 0 aromatic heterocycles. The van der Waals surface area contributed by atoms with E-state index in [0.29, 0.717) is 10.8 Å². The van der Waals surface area contributed by atoms with Crippen LogP contribution in [0.2, 0.25) is 5.02 Å². The van der Waals surface area contributed by atoms with Crippen molar-refractivity contribution in [1.82, 2.24) is 0 Å². The number of para-hydroxylation sites is 1. The summed E-state index contributed by atoms with van der Waals surface area (Å²) in [7, 11) is 1.54. The molecule has 0 bridgehead atoms. The van der Waals surface area contributed by atoms with E-state index >= 15 is 0 Å². The molecule has 0 saturated carbocycles.